The average Bonchev–Trinajstić information content (AvgIpc) is 3.46. The number of rotatable bonds is 4. The van der Waals surface area contributed by atoms with Crippen molar-refractivity contribution in [3.8, 4) is 23.1 Å². The number of nitrogens with one attached hydrogen (secondary N) is 1. The van der Waals surface area contributed by atoms with E-state index in [1.54, 1.807) is 0 Å². The number of anilines is 2. The molecule has 0 radical (unpaired) electrons. The maximum atomic E-state index is 16.6. The Balaban J connectivity index is 1.45. The number of nitrogen functional groups attached to an aromatic ring is 1. The minimum absolute atomic E-state index is 0.00405. The third-order valence-electron chi connectivity index (χ3n) is 9.46. The normalized spacial score (nSPS) is 28.2. The van der Waals surface area contributed by atoms with Crippen LogP contribution in [0.3, 0.4) is 0 Å². The first-order valence-electron chi connectivity index (χ1n) is 14.6. The van der Waals surface area contributed by atoms with E-state index >= 15 is 4.39 Å². The predicted molar refractivity (Wildman–Crippen MR) is 151 cm³/mol. The van der Waals surface area contributed by atoms with Crippen LogP contribution in [0, 0.1) is 18.6 Å². The Morgan fingerprint density at radius 3 is 2.64 bits per heavy atom. The number of nitrogens with two attached hydrogens (primary N) is 1. The summed E-state index contributed by atoms with van der Waals surface area (Å²) in [6, 6.07) is 0.101. The van der Waals surface area contributed by atoms with Crippen molar-refractivity contribution in [1.29, 1.82) is 0 Å². The first-order valence-corrected chi connectivity index (χ1v) is 14.6. The number of hydrogen-bond acceptors (Lipinski definition) is 10. The number of aliphatic hydroxyl groups excluding tert-OH is 1. The molecule has 3 fully saturated rings. The third-order valence-corrected chi connectivity index (χ3v) is 9.46. The zero-order chi connectivity index (χ0) is 31.2. The topological polar surface area (TPSA) is 122 Å². The van der Waals surface area contributed by atoms with Gasteiger partial charge in [-0.15, -0.1) is 0 Å². The number of likely N-dealkylation sites (tertiary alicyclic amines) is 1. The minimum Gasteiger partial charge on any atom is -0.472 e. The summed E-state index contributed by atoms with van der Waals surface area (Å²) in [5, 5.41) is 14.1. The monoisotopic (exact) mass is 621 g/mol. The van der Waals surface area contributed by atoms with E-state index in [0.717, 1.165) is 25.8 Å². The lowest BCUT2D eigenvalue weighted by Crippen LogP contribution is -2.62. The lowest BCUT2D eigenvalue weighted by molar-refractivity contribution is -0.137. The summed E-state index contributed by atoms with van der Waals surface area (Å²) in [6.45, 7) is 3.95. The highest BCUT2D eigenvalue weighted by Crippen LogP contribution is 2.47. The van der Waals surface area contributed by atoms with Crippen molar-refractivity contribution in [2.75, 3.05) is 37.4 Å². The second-order valence-electron chi connectivity index (χ2n) is 12.2. The molecule has 1 aromatic carbocycles. The molecule has 10 nitrogen and oxygen atoms in total. The highest BCUT2D eigenvalue weighted by molar-refractivity contribution is 5.97. The van der Waals surface area contributed by atoms with Gasteiger partial charge in [-0.3, -0.25) is 4.90 Å². The maximum absolute atomic E-state index is 16.6. The third kappa shape index (κ3) is 4.50. The van der Waals surface area contributed by atoms with Crippen LogP contribution in [0.15, 0.2) is 6.07 Å². The van der Waals surface area contributed by atoms with E-state index in [1.807, 2.05) is 23.8 Å². The average molecular weight is 622 g/mol. The molecule has 3 saturated heterocycles. The van der Waals surface area contributed by atoms with Crippen LogP contribution in [0.25, 0.3) is 22.2 Å². The number of aliphatic hydroxyl groups is 1. The molecule has 0 amide bonds. The molecule has 44 heavy (non-hydrogen) atoms. The molecule has 0 saturated carbocycles. The van der Waals surface area contributed by atoms with Gasteiger partial charge in [0.15, 0.2) is 5.82 Å². The predicted octanol–water partition coefficient (Wildman–Crippen LogP) is 3.41. The molecule has 0 unspecified atom stereocenters. The fourth-order valence-electron chi connectivity index (χ4n) is 7.29. The Labute approximate surface area is 249 Å². The number of aromatic nitrogens is 3. The molecule has 4 N–H and O–H groups in total. The first kappa shape index (κ1) is 29.2. The second-order valence-corrected chi connectivity index (χ2v) is 12.2. The van der Waals surface area contributed by atoms with Crippen LogP contribution in [0.1, 0.15) is 37.3 Å². The Morgan fingerprint density at radius 1 is 1.16 bits per heavy atom. The van der Waals surface area contributed by atoms with E-state index in [1.165, 1.54) is 0 Å². The molecule has 2 aromatic heterocycles. The van der Waals surface area contributed by atoms with Crippen molar-refractivity contribution in [2.24, 2.45) is 0 Å². The Bertz CT molecular complexity index is 1650. The smallest absolute Gasteiger partial charge is 0.417 e. The van der Waals surface area contributed by atoms with Crippen molar-refractivity contribution in [2.45, 2.75) is 75.7 Å². The van der Waals surface area contributed by atoms with E-state index < -0.39 is 58.1 Å². The number of benzene rings is 1. The largest absolute Gasteiger partial charge is 0.472 e. The summed E-state index contributed by atoms with van der Waals surface area (Å²) < 4.78 is 86.5. The van der Waals surface area contributed by atoms with Gasteiger partial charge in [0.25, 0.3) is 0 Å². The van der Waals surface area contributed by atoms with Gasteiger partial charge in [-0.1, -0.05) is 0 Å². The van der Waals surface area contributed by atoms with Crippen LogP contribution >= 0.6 is 0 Å². The molecule has 0 spiro atoms. The number of likely N-dealkylation sites (N-methyl/N-ethyl adjacent to an activating group) is 1. The molecule has 4 aliphatic heterocycles. The van der Waals surface area contributed by atoms with E-state index in [4.69, 9.17) is 15.2 Å². The van der Waals surface area contributed by atoms with Gasteiger partial charge >= 0.3 is 12.2 Å². The van der Waals surface area contributed by atoms with E-state index in [9.17, 15) is 22.7 Å². The second kappa shape index (κ2) is 10.2. The van der Waals surface area contributed by atoms with Gasteiger partial charge in [-0.05, 0) is 51.8 Å². The summed E-state index contributed by atoms with van der Waals surface area (Å²) in [7, 11) is 1.85. The van der Waals surface area contributed by atoms with Gasteiger partial charge in [0.1, 0.15) is 40.9 Å². The maximum Gasteiger partial charge on any atom is 0.417 e. The fourth-order valence-corrected chi connectivity index (χ4v) is 7.29. The molecule has 3 aromatic rings. The van der Waals surface area contributed by atoms with Gasteiger partial charge in [-0.25, -0.2) is 13.8 Å². The molecule has 4 aliphatic rings. The molecule has 6 heterocycles. The van der Waals surface area contributed by atoms with Crippen LogP contribution in [0.2, 0.25) is 0 Å². The number of pyridine rings is 1. The SMILES string of the molecule is Cc1c(F)c(N)cc(-c2nc3c4c(nc(OC[C@H]5[C@@H](O)CCN5C)nc4c2F)N2C[C@H]4CC[C@H](N4)[C@H]2[C@H](C)O3)c1C(F)(F)F. The highest BCUT2D eigenvalue weighted by atomic mass is 19.4. The van der Waals surface area contributed by atoms with E-state index in [0.29, 0.717) is 25.3 Å². The molecule has 0 aliphatic carbocycles. The van der Waals surface area contributed by atoms with Crippen LogP contribution in [-0.2, 0) is 6.18 Å². The van der Waals surface area contributed by atoms with Gasteiger partial charge in [0.05, 0.1) is 29.4 Å². The van der Waals surface area contributed by atoms with Gasteiger partial charge in [0, 0.05) is 30.7 Å². The number of nitrogens with zero attached hydrogens (tertiary/aromatic N) is 5. The number of piperazine rings is 1. The number of ether oxygens (including phenoxy) is 2. The van der Waals surface area contributed by atoms with Crippen molar-refractivity contribution >= 4 is 22.4 Å². The van der Waals surface area contributed by atoms with Crippen molar-refractivity contribution in [1.82, 2.24) is 25.2 Å². The molecule has 236 valence electrons. The molecule has 7 rings (SSSR count). The number of fused-ring (bicyclic) bond motifs is 5. The van der Waals surface area contributed by atoms with Crippen molar-refractivity contribution < 1.29 is 36.5 Å². The quantitative estimate of drug-likeness (QED) is 0.295. The summed E-state index contributed by atoms with van der Waals surface area (Å²) in [4.78, 5) is 17.3. The lowest BCUT2D eigenvalue weighted by Gasteiger charge is -2.42. The Kier molecular flexibility index (Phi) is 6.79. The van der Waals surface area contributed by atoms with Gasteiger partial charge < -0.3 is 30.5 Å². The number of hydrogen-bond donors (Lipinski definition) is 3. The number of alkyl halides is 3. The minimum atomic E-state index is -5.05. The fraction of sp³-hybridized carbons (Fsp3) is 0.552. The molecular weight excluding hydrogens is 589 g/mol. The molecular formula is C29H32F5N7O3. The standard InChI is InChI=1S/C29H32F5N7O3/c1-11-20(29(32,33)34)14(8-15(35)21(11)30)23-22(31)24-19-26(39-28(38-24)43-10-17-18(42)6-7-40(17)3)41-9-13-4-5-16(36-13)25(41)12(2)44-27(19)37-23/h8,12-13,16-18,25,36,42H,4-7,9-10,35H2,1-3H3/t12-,13+,16-,17-,18-,25+/m0/s1. The van der Waals surface area contributed by atoms with Gasteiger partial charge in [0.2, 0.25) is 5.88 Å². The highest BCUT2D eigenvalue weighted by Gasteiger charge is 2.47. The van der Waals surface area contributed by atoms with Crippen molar-refractivity contribution in [3.63, 3.8) is 0 Å². The van der Waals surface area contributed by atoms with Crippen molar-refractivity contribution in [3.05, 3.63) is 28.8 Å². The first-order chi connectivity index (χ1) is 20.8. The summed E-state index contributed by atoms with van der Waals surface area (Å²) in [6.07, 6.45) is -3.86. The molecule has 6 atom stereocenters. The summed E-state index contributed by atoms with van der Waals surface area (Å²) in [5.41, 5.74) is 1.16. The Hall–Kier alpha value is -3.56. The van der Waals surface area contributed by atoms with Crippen LogP contribution in [0.5, 0.6) is 11.9 Å². The zero-order valence-electron chi connectivity index (χ0n) is 24.3. The number of halogens is 5. The summed E-state index contributed by atoms with van der Waals surface area (Å²) >= 11 is 0. The molecule has 15 heteroatoms. The van der Waals surface area contributed by atoms with Gasteiger partial charge in [-0.2, -0.15) is 23.1 Å². The van der Waals surface area contributed by atoms with Crippen LogP contribution < -0.4 is 25.4 Å². The molecule has 2 bridgehead atoms. The summed E-state index contributed by atoms with van der Waals surface area (Å²) in [5.74, 6) is -2.27. The zero-order valence-corrected chi connectivity index (χ0v) is 24.3. The van der Waals surface area contributed by atoms with Crippen LogP contribution in [0.4, 0.5) is 33.5 Å². The van der Waals surface area contributed by atoms with E-state index in [-0.39, 0.29) is 53.6 Å². The van der Waals surface area contributed by atoms with E-state index in [2.05, 4.69) is 20.3 Å². The lowest BCUT2D eigenvalue weighted by atomic mass is 9.96. The van der Waals surface area contributed by atoms with Crippen LogP contribution in [-0.4, -0.2) is 88.1 Å². The Morgan fingerprint density at radius 2 is 1.93 bits per heavy atom.